The number of piperidine rings is 1. The maximum Gasteiger partial charge on any atom is 0.263 e. The van der Waals surface area contributed by atoms with Crippen molar-refractivity contribution in [2.45, 2.75) is 25.8 Å². The Morgan fingerprint density at radius 1 is 1.03 bits per heavy atom. The van der Waals surface area contributed by atoms with Crippen molar-refractivity contribution in [3.63, 3.8) is 0 Å². The highest BCUT2D eigenvalue weighted by molar-refractivity contribution is 7.12. The molecule has 1 saturated heterocycles. The van der Waals surface area contributed by atoms with Crippen LogP contribution in [0.15, 0.2) is 58.7 Å². The third kappa shape index (κ3) is 3.70. The number of carbonyl (C=O) groups excluding carboxylic acids is 2. The van der Waals surface area contributed by atoms with E-state index in [0.29, 0.717) is 30.9 Å². The van der Waals surface area contributed by atoms with E-state index in [2.05, 4.69) is 5.32 Å². The number of hydrogen-bond donors (Lipinski definition) is 1. The molecule has 3 aromatic rings. The highest BCUT2D eigenvalue weighted by Crippen LogP contribution is 2.36. The van der Waals surface area contributed by atoms with Crippen molar-refractivity contribution < 1.29 is 9.59 Å². The zero-order chi connectivity index (χ0) is 21.5. The lowest BCUT2D eigenvalue weighted by atomic mass is 9.82. The number of hydrogen-bond acceptors (Lipinski definition) is 4. The zero-order valence-electron chi connectivity index (χ0n) is 17.2. The highest BCUT2D eigenvalue weighted by Gasteiger charge is 2.37. The third-order valence-corrected chi connectivity index (χ3v) is 7.00. The molecule has 1 aromatic carbocycles. The summed E-state index contributed by atoms with van der Waals surface area (Å²) in [7, 11) is 0. The van der Waals surface area contributed by atoms with E-state index in [1.807, 2.05) is 63.4 Å². The van der Waals surface area contributed by atoms with Crippen LogP contribution in [-0.4, -0.2) is 34.4 Å². The topological polar surface area (TPSA) is 71.4 Å². The van der Waals surface area contributed by atoms with Crippen LogP contribution < -0.4 is 10.9 Å². The lowest BCUT2D eigenvalue weighted by Crippen LogP contribution is -2.49. The number of nitrogens with zero attached hydrogens (tertiary/aromatic N) is 2. The minimum atomic E-state index is -0.125. The van der Waals surface area contributed by atoms with E-state index >= 15 is 0 Å². The molecule has 7 heteroatoms. The summed E-state index contributed by atoms with van der Waals surface area (Å²) in [6.45, 7) is 3.44. The number of anilines is 1. The predicted octanol–water partition coefficient (Wildman–Crippen LogP) is 3.79. The summed E-state index contributed by atoms with van der Waals surface area (Å²) in [6, 6.07) is 15.0. The molecule has 2 aliphatic rings. The fraction of sp³-hybridized carbons (Fsp3) is 0.292. The van der Waals surface area contributed by atoms with Crippen molar-refractivity contribution in [2.24, 2.45) is 5.92 Å². The van der Waals surface area contributed by atoms with Crippen molar-refractivity contribution in [2.75, 3.05) is 18.4 Å². The summed E-state index contributed by atoms with van der Waals surface area (Å²) < 4.78 is 1.91. The molecule has 5 rings (SSSR count). The molecular weight excluding hydrogens is 410 g/mol. The number of fused-ring (bicyclic) bond motifs is 4. The average Bonchev–Trinajstić information content (AvgIpc) is 3.29. The van der Waals surface area contributed by atoms with Crippen molar-refractivity contribution in [3.05, 3.63) is 74.8 Å². The summed E-state index contributed by atoms with van der Waals surface area (Å²) >= 11 is 1.47. The molecule has 0 aliphatic carbocycles. The van der Waals surface area contributed by atoms with Gasteiger partial charge in [0.15, 0.2) is 0 Å². The van der Waals surface area contributed by atoms with E-state index in [1.165, 1.54) is 18.3 Å². The van der Waals surface area contributed by atoms with Crippen LogP contribution in [0.1, 0.15) is 34.6 Å². The van der Waals surface area contributed by atoms with Gasteiger partial charge in [-0.1, -0.05) is 18.2 Å². The SMILES string of the molecule is CC(=O)Nc1ccc(-c2ccc3n(c2=O)C[C@H]2C[C@@H]3CN(C(=O)c3cccs3)C2)cc1. The monoisotopic (exact) mass is 433 g/mol. The van der Waals surface area contributed by atoms with Crippen LogP contribution in [-0.2, 0) is 11.3 Å². The minimum absolute atomic E-state index is 0.0116. The standard InChI is InChI=1S/C24H23N3O3S/c1-15(28)25-19-6-4-17(5-7-19)20-8-9-21-18-11-16(13-27(21)23(20)29)12-26(14-18)24(30)22-3-2-10-31-22/h2-10,16,18H,11-14H2,1H3,(H,25,28)/t16-,18+/m0/s1. The second-order valence-electron chi connectivity index (χ2n) is 8.33. The highest BCUT2D eigenvalue weighted by atomic mass is 32.1. The number of rotatable bonds is 3. The van der Waals surface area contributed by atoms with Gasteiger partial charge in [-0.25, -0.2) is 0 Å². The molecule has 31 heavy (non-hydrogen) atoms. The Kier molecular flexibility index (Phi) is 4.98. The molecule has 158 valence electrons. The van der Waals surface area contributed by atoms with Crippen LogP contribution >= 0.6 is 11.3 Å². The van der Waals surface area contributed by atoms with Crippen molar-refractivity contribution in [1.82, 2.24) is 9.47 Å². The first-order valence-electron chi connectivity index (χ1n) is 10.4. The van der Waals surface area contributed by atoms with Gasteiger partial charge >= 0.3 is 0 Å². The van der Waals surface area contributed by atoms with E-state index in [-0.39, 0.29) is 29.2 Å². The molecule has 2 bridgehead atoms. The summed E-state index contributed by atoms with van der Waals surface area (Å²) in [4.78, 5) is 40.1. The maximum atomic E-state index is 13.3. The van der Waals surface area contributed by atoms with Gasteiger partial charge in [0.05, 0.1) is 4.88 Å². The Balaban J connectivity index is 1.43. The molecule has 2 amide bonds. The molecule has 1 fully saturated rings. The molecule has 0 unspecified atom stereocenters. The molecule has 6 nitrogen and oxygen atoms in total. The zero-order valence-corrected chi connectivity index (χ0v) is 18.0. The molecule has 2 atom stereocenters. The molecule has 0 spiro atoms. The summed E-state index contributed by atoms with van der Waals surface area (Å²) in [5.74, 6) is 0.432. The summed E-state index contributed by atoms with van der Waals surface area (Å²) in [5.41, 5.74) is 3.23. The van der Waals surface area contributed by atoms with Crippen molar-refractivity contribution >= 4 is 28.8 Å². The van der Waals surface area contributed by atoms with Gasteiger partial charge in [-0.15, -0.1) is 11.3 Å². The number of pyridine rings is 1. The average molecular weight is 434 g/mol. The van der Waals surface area contributed by atoms with Gasteiger partial charge in [0.25, 0.3) is 11.5 Å². The Morgan fingerprint density at radius 2 is 1.84 bits per heavy atom. The number of carbonyl (C=O) groups is 2. The molecule has 4 heterocycles. The Labute approximate surface area is 184 Å². The van der Waals surface area contributed by atoms with Gasteiger partial charge in [-0.05, 0) is 53.6 Å². The van der Waals surface area contributed by atoms with E-state index < -0.39 is 0 Å². The largest absolute Gasteiger partial charge is 0.337 e. The normalized spacial score (nSPS) is 19.6. The van der Waals surface area contributed by atoms with Crippen LogP contribution in [0.25, 0.3) is 11.1 Å². The Bertz CT molecular complexity index is 1200. The molecule has 1 N–H and O–H groups in total. The molecule has 0 saturated carbocycles. The van der Waals surface area contributed by atoms with E-state index in [0.717, 1.165) is 22.6 Å². The smallest absolute Gasteiger partial charge is 0.263 e. The van der Waals surface area contributed by atoms with Crippen molar-refractivity contribution in [3.8, 4) is 11.1 Å². The molecule has 2 aliphatic heterocycles. The second kappa shape index (κ2) is 7.81. The quantitative estimate of drug-likeness (QED) is 0.683. The summed E-state index contributed by atoms with van der Waals surface area (Å²) in [6.07, 6.45) is 1.01. The van der Waals surface area contributed by atoms with Gasteiger partial charge in [-0.3, -0.25) is 14.4 Å². The Hall–Kier alpha value is -3.19. The second-order valence-corrected chi connectivity index (χ2v) is 9.28. The van der Waals surface area contributed by atoms with Gasteiger partial charge < -0.3 is 14.8 Å². The van der Waals surface area contributed by atoms with Crippen LogP contribution in [0.2, 0.25) is 0 Å². The number of amides is 2. The van der Waals surface area contributed by atoms with Crippen LogP contribution in [0.5, 0.6) is 0 Å². The van der Waals surface area contributed by atoms with Gasteiger partial charge in [0, 0.05) is 49.4 Å². The first-order chi connectivity index (χ1) is 15.0. The van der Waals surface area contributed by atoms with Crippen LogP contribution in [0, 0.1) is 5.92 Å². The minimum Gasteiger partial charge on any atom is -0.337 e. The Morgan fingerprint density at radius 3 is 2.55 bits per heavy atom. The van der Waals surface area contributed by atoms with Gasteiger partial charge in [0.2, 0.25) is 5.91 Å². The number of likely N-dealkylation sites (tertiary alicyclic amines) is 1. The lowest BCUT2D eigenvalue weighted by Gasteiger charge is -2.42. The maximum absolute atomic E-state index is 13.3. The number of benzene rings is 1. The lowest BCUT2D eigenvalue weighted by molar-refractivity contribution is -0.114. The van der Waals surface area contributed by atoms with Crippen molar-refractivity contribution in [1.29, 1.82) is 0 Å². The fourth-order valence-electron chi connectivity index (χ4n) is 4.82. The molecular formula is C24H23N3O3S. The molecule has 2 aromatic heterocycles. The number of thiophene rings is 1. The van der Waals surface area contributed by atoms with E-state index in [9.17, 15) is 14.4 Å². The summed E-state index contributed by atoms with van der Waals surface area (Å²) in [5, 5.41) is 4.67. The van der Waals surface area contributed by atoms with E-state index in [4.69, 9.17) is 0 Å². The predicted molar refractivity (Wildman–Crippen MR) is 122 cm³/mol. The van der Waals surface area contributed by atoms with Gasteiger partial charge in [0.1, 0.15) is 0 Å². The van der Waals surface area contributed by atoms with Gasteiger partial charge in [-0.2, -0.15) is 0 Å². The molecule has 0 radical (unpaired) electrons. The van der Waals surface area contributed by atoms with Crippen LogP contribution in [0.4, 0.5) is 5.69 Å². The van der Waals surface area contributed by atoms with Crippen LogP contribution in [0.3, 0.4) is 0 Å². The fourth-order valence-corrected chi connectivity index (χ4v) is 5.51. The number of aromatic nitrogens is 1. The third-order valence-electron chi connectivity index (χ3n) is 6.14. The van der Waals surface area contributed by atoms with E-state index in [1.54, 1.807) is 0 Å². The first kappa shape index (κ1) is 19.8. The first-order valence-corrected chi connectivity index (χ1v) is 11.3. The number of nitrogens with one attached hydrogen (secondary N) is 1.